The molecule has 18 heavy (non-hydrogen) atoms. The first-order chi connectivity index (χ1) is 8.70. The molecule has 1 aromatic carbocycles. The molecule has 0 saturated carbocycles. The van der Waals surface area contributed by atoms with Gasteiger partial charge in [-0.1, -0.05) is 18.2 Å². The normalized spacial score (nSPS) is 16.6. The molecule has 1 aliphatic heterocycles. The Morgan fingerprint density at radius 3 is 2.67 bits per heavy atom. The Kier molecular flexibility index (Phi) is 4.07. The molecule has 0 spiro atoms. The first kappa shape index (κ1) is 12.7. The second-order valence-corrected chi connectivity index (χ2v) is 4.73. The van der Waals surface area contributed by atoms with Gasteiger partial charge in [0.15, 0.2) is 0 Å². The molecule has 98 valence electrons. The van der Waals surface area contributed by atoms with E-state index >= 15 is 0 Å². The van der Waals surface area contributed by atoms with Crippen molar-refractivity contribution in [2.24, 2.45) is 5.92 Å². The van der Waals surface area contributed by atoms with Gasteiger partial charge in [0.25, 0.3) is 0 Å². The zero-order chi connectivity index (χ0) is 13.0. The Balaban J connectivity index is 1.93. The highest BCUT2D eigenvalue weighted by atomic mass is 16.5. The van der Waals surface area contributed by atoms with Crippen molar-refractivity contribution in [1.29, 1.82) is 0 Å². The maximum absolute atomic E-state index is 10.8. The maximum Gasteiger partial charge on any atom is 0.407 e. The molecule has 1 heterocycles. The molecule has 0 aromatic heterocycles. The topological polar surface area (TPSA) is 49.8 Å². The van der Waals surface area contributed by atoms with Gasteiger partial charge in [0.1, 0.15) is 5.75 Å². The fourth-order valence-electron chi connectivity index (χ4n) is 2.51. The molecule has 1 N–H and O–H groups in total. The lowest BCUT2D eigenvalue weighted by molar-refractivity contribution is 0.124. The summed E-state index contributed by atoms with van der Waals surface area (Å²) < 4.78 is 5.34. The summed E-state index contributed by atoms with van der Waals surface area (Å²) in [7, 11) is 1.69. The van der Waals surface area contributed by atoms with Crippen LogP contribution in [0.2, 0.25) is 0 Å². The average Bonchev–Trinajstić information content (AvgIpc) is 2.40. The number of para-hydroxylation sites is 1. The fraction of sp³-hybridized carbons (Fsp3) is 0.500. The molecule has 0 radical (unpaired) electrons. The molecule has 4 nitrogen and oxygen atoms in total. The van der Waals surface area contributed by atoms with Crippen LogP contribution in [-0.2, 0) is 6.42 Å². The Morgan fingerprint density at radius 2 is 2.06 bits per heavy atom. The minimum absolute atomic E-state index is 0.553. The van der Waals surface area contributed by atoms with Gasteiger partial charge < -0.3 is 14.7 Å². The number of amides is 1. The van der Waals surface area contributed by atoms with Gasteiger partial charge in [0, 0.05) is 13.1 Å². The summed E-state index contributed by atoms with van der Waals surface area (Å²) in [6.07, 6.45) is 2.04. The van der Waals surface area contributed by atoms with Crippen LogP contribution < -0.4 is 4.74 Å². The fourth-order valence-corrected chi connectivity index (χ4v) is 2.51. The summed E-state index contributed by atoms with van der Waals surface area (Å²) in [5.74, 6) is 1.48. The van der Waals surface area contributed by atoms with E-state index < -0.39 is 6.09 Å². The molecule has 0 bridgehead atoms. The number of ether oxygens (including phenoxy) is 1. The van der Waals surface area contributed by atoms with Crippen LogP contribution in [0.5, 0.6) is 5.75 Å². The molecule has 1 fully saturated rings. The van der Waals surface area contributed by atoms with E-state index in [4.69, 9.17) is 9.84 Å². The first-order valence-electron chi connectivity index (χ1n) is 6.30. The highest BCUT2D eigenvalue weighted by molar-refractivity contribution is 5.64. The van der Waals surface area contributed by atoms with Gasteiger partial charge in [-0.2, -0.15) is 0 Å². The molecule has 1 aliphatic rings. The largest absolute Gasteiger partial charge is 0.496 e. The summed E-state index contributed by atoms with van der Waals surface area (Å²) in [6.45, 7) is 1.30. The van der Waals surface area contributed by atoms with Gasteiger partial charge in [0.2, 0.25) is 0 Å². The zero-order valence-electron chi connectivity index (χ0n) is 10.6. The number of carbonyl (C=O) groups is 1. The van der Waals surface area contributed by atoms with E-state index in [9.17, 15) is 4.79 Å². The van der Waals surface area contributed by atoms with Crippen molar-refractivity contribution in [2.75, 3.05) is 20.2 Å². The summed E-state index contributed by atoms with van der Waals surface area (Å²) in [6, 6.07) is 8.05. The number of carboxylic acid groups (broad SMARTS) is 1. The number of methoxy groups -OCH3 is 1. The highest BCUT2D eigenvalue weighted by Crippen LogP contribution is 2.26. The van der Waals surface area contributed by atoms with Crippen molar-refractivity contribution in [2.45, 2.75) is 19.3 Å². The predicted octanol–water partition coefficient (Wildman–Crippen LogP) is 2.63. The van der Waals surface area contributed by atoms with Crippen LogP contribution in [0, 0.1) is 5.92 Å². The molecule has 0 atom stereocenters. The molecular weight excluding hydrogens is 230 g/mol. The van der Waals surface area contributed by atoms with Crippen molar-refractivity contribution in [1.82, 2.24) is 4.90 Å². The van der Waals surface area contributed by atoms with E-state index in [-0.39, 0.29) is 0 Å². The van der Waals surface area contributed by atoms with Crippen LogP contribution >= 0.6 is 0 Å². The van der Waals surface area contributed by atoms with E-state index in [0.717, 1.165) is 25.0 Å². The lowest BCUT2D eigenvalue weighted by atomic mass is 9.90. The highest BCUT2D eigenvalue weighted by Gasteiger charge is 2.22. The number of benzene rings is 1. The van der Waals surface area contributed by atoms with Gasteiger partial charge >= 0.3 is 6.09 Å². The Labute approximate surface area is 107 Å². The van der Waals surface area contributed by atoms with Crippen LogP contribution in [0.4, 0.5) is 4.79 Å². The van der Waals surface area contributed by atoms with E-state index in [1.165, 1.54) is 10.5 Å². The van der Waals surface area contributed by atoms with Crippen LogP contribution in [0.15, 0.2) is 24.3 Å². The molecule has 0 aliphatic carbocycles. The summed E-state index contributed by atoms with van der Waals surface area (Å²) in [4.78, 5) is 12.3. The standard InChI is InChI=1S/C14H19NO3/c1-18-13-5-3-2-4-12(13)10-11-6-8-15(9-7-11)14(16)17/h2-5,11H,6-10H2,1H3,(H,16,17). The predicted molar refractivity (Wildman–Crippen MR) is 69.0 cm³/mol. The zero-order valence-corrected chi connectivity index (χ0v) is 10.6. The smallest absolute Gasteiger partial charge is 0.407 e. The van der Waals surface area contributed by atoms with Crippen LogP contribution in [-0.4, -0.2) is 36.3 Å². The lowest BCUT2D eigenvalue weighted by Crippen LogP contribution is -2.37. The Morgan fingerprint density at radius 1 is 1.39 bits per heavy atom. The molecule has 1 aromatic rings. The molecule has 2 rings (SSSR count). The molecule has 1 amide bonds. The quantitative estimate of drug-likeness (QED) is 0.895. The van der Waals surface area contributed by atoms with Crippen molar-refractivity contribution in [3.8, 4) is 5.75 Å². The lowest BCUT2D eigenvalue weighted by Gasteiger charge is -2.30. The number of piperidine rings is 1. The summed E-state index contributed by atoms with van der Waals surface area (Å²) in [5.41, 5.74) is 1.22. The van der Waals surface area contributed by atoms with Gasteiger partial charge in [-0.25, -0.2) is 4.79 Å². The number of rotatable bonds is 3. The third-order valence-corrected chi connectivity index (χ3v) is 3.59. The van der Waals surface area contributed by atoms with E-state index in [1.54, 1.807) is 7.11 Å². The molecule has 0 unspecified atom stereocenters. The van der Waals surface area contributed by atoms with Crippen molar-refractivity contribution >= 4 is 6.09 Å². The van der Waals surface area contributed by atoms with Gasteiger partial charge in [-0.15, -0.1) is 0 Å². The number of nitrogens with zero attached hydrogens (tertiary/aromatic N) is 1. The minimum atomic E-state index is -0.800. The third-order valence-electron chi connectivity index (χ3n) is 3.59. The third kappa shape index (κ3) is 2.94. The Bertz CT molecular complexity index is 411. The molecule has 1 saturated heterocycles. The van der Waals surface area contributed by atoms with E-state index in [0.29, 0.717) is 19.0 Å². The van der Waals surface area contributed by atoms with Crippen molar-refractivity contribution in [3.63, 3.8) is 0 Å². The summed E-state index contributed by atoms with van der Waals surface area (Å²) >= 11 is 0. The first-order valence-corrected chi connectivity index (χ1v) is 6.30. The maximum atomic E-state index is 10.8. The molecular formula is C14H19NO3. The van der Waals surface area contributed by atoms with E-state index in [1.807, 2.05) is 18.2 Å². The van der Waals surface area contributed by atoms with Crippen LogP contribution in [0.1, 0.15) is 18.4 Å². The van der Waals surface area contributed by atoms with Crippen LogP contribution in [0.3, 0.4) is 0 Å². The Hall–Kier alpha value is -1.71. The number of hydrogen-bond acceptors (Lipinski definition) is 2. The monoisotopic (exact) mass is 249 g/mol. The minimum Gasteiger partial charge on any atom is -0.496 e. The average molecular weight is 249 g/mol. The van der Waals surface area contributed by atoms with Crippen LogP contribution in [0.25, 0.3) is 0 Å². The number of hydrogen-bond donors (Lipinski definition) is 1. The van der Waals surface area contributed by atoms with Crippen molar-refractivity contribution < 1.29 is 14.6 Å². The van der Waals surface area contributed by atoms with Gasteiger partial charge in [0.05, 0.1) is 7.11 Å². The SMILES string of the molecule is COc1ccccc1CC1CCN(C(=O)O)CC1. The molecule has 4 heteroatoms. The second kappa shape index (κ2) is 5.76. The number of likely N-dealkylation sites (tertiary alicyclic amines) is 1. The van der Waals surface area contributed by atoms with Gasteiger partial charge in [-0.3, -0.25) is 0 Å². The van der Waals surface area contributed by atoms with Gasteiger partial charge in [-0.05, 0) is 36.8 Å². The van der Waals surface area contributed by atoms with E-state index in [2.05, 4.69) is 6.07 Å². The van der Waals surface area contributed by atoms with Crippen molar-refractivity contribution in [3.05, 3.63) is 29.8 Å². The summed E-state index contributed by atoms with van der Waals surface area (Å²) in [5, 5.41) is 8.90. The second-order valence-electron chi connectivity index (χ2n) is 4.73.